The minimum atomic E-state index is -0.776. The molecule has 7 nitrogen and oxygen atoms in total. The summed E-state index contributed by atoms with van der Waals surface area (Å²) in [5.41, 5.74) is 3.95. The minimum Gasteiger partial charge on any atom is -0.481 e. The molecule has 7 heteroatoms. The highest BCUT2D eigenvalue weighted by molar-refractivity contribution is 5.77. The summed E-state index contributed by atoms with van der Waals surface area (Å²) in [7, 11) is 1.59. The van der Waals surface area contributed by atoms with Crippen LogP contribution >= 0.6 is 0 Å². The van der Waals surface area contributed by atoms with Crippen LogP contribution in [-0.4, -0.2) is 49.0 Å². The number of carboxylic acids is 1. The number of anilines is 3. The van der Waals surface area contributed by atoms with Crippen LogP contribution in [0.1, 0.15) is 51.0 Å². The molecule has 31 heavy (non-hydrogen) atoms. The third kappa shape index (κ3) is 5.88. The summed E-state index contributed by atoms with van der Waals surface area (Å²) < 4.78 is 10.7. The first-order valence-corrected chi connectivity index (χ1v) is 11.0. The number of aromatic nitrogens is 1. The molecule has 0 bridgehead atoms. The molecule has 0 radical (unpaired) electrons. The number of benzene rings is 1. The van der Waals surface area contributed by atoms with E-state index in [2.05, 4.69) is 40.3 Å². The van der Waals surface area contributed by atoms with Crippen molar-refractivity contribution >= 4 is 23.0 Å². The van der Waals surface area contributed by atoms with Crippen molar-refractivity contribution in [2.75, 3.05) is 37.1 Å². The summed E-state index contributed by atoms with van der Waals surface area (Å²) in [6.45, 7) is 6.64. The van der Waals surface area contributed by atoms with Crippen molar-refractivity contribution in [3.8, 4) is 5.88 Å². The molecule has 0 spiro atoms. The van der Waals surface area contributed by atoms with Gasteiger partial charge in [-0.1, -0.05) is 13.0 Å². The number of nitrogens with zero attached hydrogens (tertiary/aromatic N) is 2. The van der Waals surface area contributed by atoms with Crippen LogP contribution in [0.15, 0.2) is 36.5 Å². The van der Waals surface area contributed by atoms with Crippen molar-refractivity contribution in [3.63, 3.8) is 0 Å². The van der Waals surface area contributed by atoms with Gasteiger partial charge in [-0.2, -0.15) is 0 Å². The van der Waals surface area contributed by atoms with Crippen LogP contribution in [0.5, 0.6) is 5.88 Å². The van der Waals surface area contributed by atoms with Crippen LogP contribution in [-0.2, 0) is 9.53 Å². The highest BCUT2D eigenvalue weighted by Crippen LogP contribution is 2.36. The maximum Gasteiger partial charge on any atom is 0.303 e. The second-order valence-electron chi connectivity index (χ2n) is 7.82. The monoisotopic (exact) mass is 427 g/mol. The van der Waals surface area contributed by atoms with E-state index >= 15 is 0 Å². The fraction of sp³-hybridized carbons (Fsp3) is 0.500. The molecule has 0 aliphatic carbocycles. The average molecular weight is 428 g/mol. The molecule has 1 saturated heterocycles. The van der Waals surface area contributed by atoms with Gasteiger partial charge in [0.05, 0.1) is 36.8 Å². The number of methoxy groups -OCH3 is 1. The normalized spacial score (nSPS) is 15.3. The first kappa shape index (κ1) is 22.9. The number of carboxylic acid groups (broad SMARTS) is 1. The highest BCUT2D eigenvalue weighted by atomic mass is 16.5. The van der Waals surface area contributed by atoms with Crippen LogP contribution in [0.2, 0.25) is 0 Å². The maximum absolute atomic E-state index is 11.4. The van der Waals surface area contributed by atoms with Gasteiger partial charge in [-0.25, -0.2) is 4.98 Å². The van der Waals surface area contributed by atoms with Gasteiger partial charge >= 0.3 is 5.97 Å². The van der Waals surface area contributed by atoms with Gasteiger partial charge in [0, 0.05) is 31.9 Å². The Morgan fingerprint density at radius 3 is 2.65 bits per heavy atom. The molecule has 0 amide bonds. The van der Waals surface area contributed by atoms with Gasteiger partial charge in [0.1, 0.15) is 0 Å². The molecule has 1 fully saturated rings. The predicted molar refractivity (Wildman–Crippen MR) is 123 cm³/mol. The minimum absolute atomic E-state index is 0.0285. The van der Waals surface area contributed by atoms with Crippen molar-refractivity contribution in [1.29, 1.82) is 0 Å². The molecule has 0 unspecified atom stereocenters. The zero-order valence-corrected chi connectivity index (χ0v) is 18.6. The molecule has 2 N–H and O–H groups in total. The summed E-state index contributed by atoms with van der Waals surface area (Å²) in [6, 6.07) is 10.5. The fourth-order valence-electron chi connectivity index (χ4n) is 4.22. The van der Waals surface area contributed by atoms with E-state index in [-0.39, 0.29) is 12.3 Å². The summed E-state index contributed by atoms with van der Waals surface area (Å²) in [5.74, 6) is -0.245. The predicted octanol–water partition coefficient (Wildman–Crippen LogP) is 4.81. The van der Waals surface area contributed by atoms with Crippen molar-refractivity contribution in [2.45, 2.75) is 51.5 Å². The van der Waals surface area contributed by atoms with Crippen LogP contribution in [0.25, 0.3) is 0 Å². The number of carbonyl (C=O) groups is 1. The van der Waals surface area contributed by atoms with Gasteiger partial charge in [0.25, 0.3) is 0 Å². The standard InChI is InChI=1S/C24H33N3O4/c1-4-17(15-24(28)29)18-6-8-22(27(5-2)20-10-12-31-13-11-20)21(14-18)26-19-7-9-23(30-3)25-16-19/h6-9,14,16-17,20,26H,4-5,10-13,15H2,1-3H3,(H,28,29)/t17-/m1/s1. The number of aliphatic carboxylic acids is 1. The van der Waals surface area contributed by atoms with Gasteiger partial charge in [0.15, 0.2) is 0 Å². The Labute approximate surface area is 184 Å². The Balaban J connectivity index is 1.97. The molecule has 1 aliphatic rings. The molecule has 168 valence electrons. The summed E-state index contributed by atoms with van der Waals surface area (Å²) >= 11 is 0. The van der Waals surface area contributed by atoms with Gasteiger partial charge in [-0.05, 0) is 55.9 Å². The first-order valence-electron chi connectivity index (χ1n) is 11.0. The second kappa shape index (κ2) is 11.0. The Morgan fingerprint density at radius 1 is 1.29 bits per heavy atom. The molecule has 1 atom stereocenters. The van der Waals surface area contributed by atoms with Crippen LogP contribution in [0.4, 0.5) is 17.1 Å². The second-order valence-corrected chi connectivity index (χ2v) is 7.82. The molecule has 3 rings (SSSR count). The van der Waals surface area contributed by atoms with Crippen molar-refractivity contribution in [3.05, 3.63) is 42.1 Å². The van der Waals surface area contributed by atoms with E-state index in [0.717, 1.165) is 61.6 Å². The molecular formula is C24H33N3O4. The Kier molecular flexibility index (Phi) is 8.12. The lowest BCUT2D eigenvalue weighted by Crippen LogP contribution is -2.39. The van der Waals surface area contributed by atoms with E-state index in [9.17, 15) is 9.90 Å². The van der Waals surface area contributed by atoms with Crippen molar-refractivity contribution in [2.24, 2.45) is 0 Å². The SMILES string of the molecule is CC[C@H](CC(=O)O)c1ccc(N(CC)C2CCOCC2)c(Nc2ccc(OC)nc2)c1. The van der Waals surface area contributed by atoms with Crippen LogP contribution in [0.3, 0.4) is 0 Å². The third-order valence-electron chi connectivity index (χ3n) is 5.91. The lowest BCUT2D eigenvalue weighted by atomic mass is 9.92. The summed E-state index contributed by atoms with van der Waals surface area (Å²) in [6.07, 6.45) is 4.63. The number of pyridine rings is 1. The Morgan fingerprint density at radius 2 is 2.06 bits per heavy atom. The lowest BCUT2D eigenvalue weighted by molar-refractivity contribution is -0.137. The molecule has 2 heterocycles. The van der Waals surface area contributed by atoms with Gasteiger partial charge in [-0.15, -0.1) is 0 Å². The summed E-state index contributed by atoms with van der Waals surface area (Å²) in [5, 5.41) is 12.8. The first-order chi connectivity index (χ1) is 15.0. The van der Waals surface area contributed by atoms with Gasteiger partial charge < -0.3 is 24.8 Å². The van der Waals surface area contributed by atoms with Gasteiger partial charge in [0.2, 0.25) is 5.88 Å². The third-order valence-corrected chi connectivity index (χ3v) is 5.91. The van der Waals surface area contributed by atoms with Crippen LogP contribution in [0, 0.1) is 0 Å². The fourth-order valence-corrected chi connectivity index (χ4v) is 4.22. The van der Waals surface area contributed by atoms with E-state index < -0.39 is 5.97 Å². The number of hydrogen-bond donors (Lipinski definition) is 2. The number of rotatable bonds is 10. The molecule has 1 aliphatic heterocycles. The zero-order chi connectivity index (χ0) is 22.2. The van der Waals surface area contributed by atoms with E-state index in [0.29, 0.717) is 11.9 Å². The maximum atomic E-state index is 11.4. The topological polar surface area (TPSA) is 83.9 Å². The smallest absolute Gasteiger partial charge is 0.303 e. The Hall–Kier alpha value is -2.80. The highest BCUT2D eigenvalue weighted by Gasteiger charge is 2.24. The number of nitrogens with one attached hydrogen (secondary N) is 1. The molecule has 2 aromatic rings. The van der Waals surface area contributed by atoms with Crippen molar-refractivity contribution < 1.29 is 19.4 Å². The van der Waals surface area contributed by atoms with Gasteiger partial charge in [-0.3, -0.25) is 4.79 Å². The van der Waals surface area contributed by atoms with E-state index in [1.807, 2.05) is 19.1 Å². The molecule has 1 aromatic carbocycles. The zero-order valence-electron chi connectivity index (χ0n) is 18.6. The largest absolute Gasteiger partial charge is 0.481 e. The molecule has 0 saturated carbocycles. The van der Waals surface area contributed by atoms with E-state index in [1.54, 1.807) is 13.3 Å². The average Bonchev–Trinajstić information content (AvgIpc) is 2.80. The number of ether oxygens (including phenoxy) is 2. The van der Waals surface area contributed by atoms with Crippen LogP contribution < -0.4 is 15.0 Å². The van der Waals surface area contributed by atoms with Crippen molar-refractivity contribution in [1.82, 2.24) is 4.98 Å². The van der Waals surface area contributed by atoms with E-state index in [4.69, 9.17) is 9.47 Å². The quantitative estimate of drug-likeness (QED) is 0.563. The summed E-state index contributed by atoms with van der Waals surface area (Å²) in [4.78, 5) is 18.1. The Bertz CT molecular complexity index is 850. The number of hydrogen-bond acceptors (Lipinski definition) is 6. The molecular weight excluding hydrogens is 394 g/mol. The molecule has 1 aromatic heterocycles. The lowest BCUT2D eigenvalue weighted by Gasteiger charge is -2.37. The van der Waals surface area contributed by atoms with E-state index in [1.165, 1.54) is 0 Å².